The van der Waals surface area contributed by atoms with Gasteiger partial charge in [-0.25, -0.2) is 9.97 Å². The molecule has 0 aliphatic carbocycles. The number of aliphatic hydroxyl groups excluding tert-OH is 1. The van der Waals surface area contributed by atoms with Crippen molar-refractivity contribution in [2.75, 3.05) is 19.0 Å². The monoisotopic (exact) mass is 368 g/mol. The first-order valence-corrected chi connectivity index (χ1v) is 8.73. The number of hydrogen-bond donors (Lipinski definition) is 2. The van der Waals surface area contributed by atoms with Crippen LogP contribution in [0.15, 0.2) is 30.7 Å². The number of hydrogen-bond acceptors (Lipinski definition) is 7. The first-order chi connectivity index (χ1) is 13.0. The third-order valence-corrected chi connectivity index (χ3v) is 4.14. The Hall–Kier alpha value is -2.84. The Balaban J connectivity index is 1.89. The van der Waals surface area contributed by atoms with Crippen molar-refractivity contribution in [3.8, 4) is 17.1 Å². The number of anilines is 1. The van der Waals surface area contributed by atoms with Gasteiger partial charge in [-0.15, -0.1) is 10.2 Å². The SMILES string of the molecule is COC[C@H](C)Nc1nnc(-c2ccc(-n3cnc(C)c3)c(CO)n2)cc1C. The minimum atomic E-state index is -0.180. The number of methoxy groups -OCH3 is 1. The van der Waals surface area contributed by atoms with E-state index in [0.717, 1.165) is 22.8 Å². The first kappa shape index (κ1) is 18.9. The molecule has 0 saturated heterocycles. The molecule has 0 aliphatic rings. The van der Waals surface area contributed by atoms with Crippen molar-refractivity contribution in [1.82, 2.24) is 24.7 Å². The summed E-state index contributed by atoms with van der Waals surface area (Å²) in [7, 11) is 1.67. The van der Waals surface area contributed by atoms with Crippen LogP contribution in [0.3, 0.4) is 0 Å². The second-order valence-corrected chi connectivity index (χ2v) is 6.50. The molecule has 0 spiro atoms. The van der Waals surface area contributed by atoms with Crippen molar-refractivity contribution in [2.24, 2.45) is 0 Å². The molecule has 1 atom stereocenters. The maximum atomic E-state index is 9.75. The Bertz CT molecular complexity index is 924. The van der Waals surface area contributed by atoms with Crippen molar-refractivity contribution >= 4 is 5.82 Å². The molecule has 27 heavy (non-hydrogen) atoms. The number of aromatic nitrogens is 5. The molecule has 0 aliphatic heterocycles. The van der Waals surface area contributed by atoms with Crippen LogP contribution in [0.2, 0.25) is 0 Å². The molecule has 0 unspecified atom stereocenters. The number of imidazole rings is 1. The summed E-state index contributed by atoms with van der Waals surface area (Å²) in [4.78, 5) is 8.79. The van der Waals surface area contributed by atoms with Crippen molar-refractivity contribution in [2.45, 2.75) is 33.4 Å². The molecule has 0 amide bonds. The lowest BCUT2D eigenvalue weighted by atomic mass is 10.1. The molecule has 8 nitrogen and oxygen atoms in total. The average Bonchev–Trinajstić information content (AvgIpc) is 3.09. The Morgan fingerprint density at radius 2 is 2.04 bits per heavy atom. The zero-order chi connectivity index (χ0) is 19.4. The van der Waals surface area contributed by atoms with Crippen LogP contribution in [-0.4, -0.2) is 49.6 Å². The number of aryl methyl sites for hydroxylation is 2. The predicted molar refractivity (Wildman–Crippen MR) is 103 cm³/mol. The molecule has 0 radical (unpaired) electrons. The third-order valence-electron chi connectivity index (χ3n) is 4.14. The van der Waals surface area contributed by atoms with Gasteiger partial charge in [-0.05, 0) is 44.5 Å². The van der Waals surface area contributed by atoms with Gasteiger partial charge < -0.3 is 19.7 Å². The Morgan fingerprint density at radius 1 is 1.22 bits per heavy atom. The van der Waals surface area contributed by atoms with Crippen molar-refractivity contribution in [3.05, 3.63) is 47.7 Å². The highest BCUT2D eigenvalue weighted by Gasteiger charge is 2.12. The summed E-state index contributed by atoms with van der Waals surface area (Å²) in [6.07, 6.45) is 3.60. The maximum Gasteiger partial charge on any atom is 0.151 e. The van der Waals surface area contributed by atoms with Gasteiger partial charge in [-0.2, -0.15) is 0 Å². The van der Waals surface area contributed by atoms with Crippen molar-refractivity contribution in [1.29, 1.82) is 0 Å². The van der Waals surface area contributed by atoms with Crippen LogP contribution < -0.4 is 5.32 Å². The van der Waals surface area contributed by atoms with Crippen LogP contribution >= 0.6 is 0 Å². The highest BCUT2D eigenvalue weighted by molar-refractivity contribution is 5.60. The summed E-state index contributed by atoms with van der Waals surface area (Å²) < 4.78 is 6.98. The van der Waals surface area contributed by atoms with Gasteiger partial charge in [0.2, 0.25) is 0 Å². The molecule has 2 N–H and O–H groups in total. The summed E-state index contributed by atoms with van der Waals surface area (Å²) in [5, 5.41) is 21.6. The van der Waals surface area contributed by atoms with Crippen molar-refractivity contribution in [3.63, 3.8) is 0 Å². The maximum absolute atomic E-state index is 9.75. The Kier molecular flexibility index (Phi) is 5.78. The first-order valence-electron chi connectivity index (χ1n) is 8.73. The molecule has 142 valence electrons. The largest absolute Gasteiger partial charge is 0.390 e. The normalized spacial score (nSPS) is 12.2. The second-order valence-electron chi connectivity index (χ2n) is 6.50. The number of nitrogens with zero attached hydrogens (tertiary/aromatic N) is 5. The van der Waals surface area contributed by atoms with Crippen LogP contribution in [0.1, 0.15) is 23.9 Å². The fourth-order valence-corrected chi connectivity index (χ4v) is 2.82. The van der Waals surface area contributed by atoms with Gasteiger partial charge in [0.1, 0.15) is 5.69 Å². The van der Waals surface area contributed by atoms with Crippen LogP contribution in [-0.2, 0) is 11.3 Å². The Labute approximate surface area is 158 Å². The smallest absolute Gasteiger partial charge is 0.151 e. The van der Waals surface area contributed by atoms with Crippen LogP contribution in [0.5, 0.6) is 0 Å². The van der Waals surface area contributed by atoms with Gasteiger partial charge in [-0.1, -0.05) is 0 Å². The van der Waals surface area contributed by atoms with Gasteiger partial charge in [0, 0.05) is 19.3 Å². The summed E-state index contributed by atoms with van der Waals surface area (Å²) in [6.45, 7) is 6.30. The van der Waals surface area contributed by atoms with Crippen LogP contribution in [0, 0.1) is 13.8 Å². The zero-order valence-electron chi connectivity index (χ0n) is 16.0. The van der Waals surface area contributed by atoms with Gasteiger partial charge in [0.15, 0.2) is 5.82 Å². The molecular formula is C19H24N6O2. The van der Waals surface area contributed by atoms with E-state index in [1.807, 2.05) is 49.7 Å². The van der Waals surface area contributed by atoms with E-state index in [4.69, 9.17) is 4.74 Å². The number of pyridine rings is 1. The number of nitrogens with one attached hydrogen (secondary N) is 1. The summed E-state index contributed by atoms with van der Waals surface area (Å²) in [6, 6.07) is 5.83. The van der Waals surface area contributed by atoms with E-state index in [0.29, 0.717) is 23.7 Å². The molecule has 3 aromatic rings. The third kappa shape index (κ3) is 4.29. The average molecular weight is 368 g/mol. The van der Waals surface area contributed by atoms with Gasteiger partial charge in [0.25, 0.3) is 0 Å². The Morgan fingerprint density at radius 3 is 2.67 bits per heavy atom. The quantitative estimate of drug-likeness (QED) is 0.660. The molecule has 0 bridgehead atoms. The van der Waals surface area contributed by atoms with E-state index in [1.165, 1.54) is 0 Å². The summed E-state index contributed by atoms with van der Waals surface area (Å²) >= 11 is 0. The fourth-order valence-electron chi connectivity index (χ4n) is 2.82. The molecular weight excluding hydrogens is 344 g/mol. The van der Waals surface area contributed by atoms with E-state index >= 15 is 0 Å². The fraction of sp³-hybridized carbons (Fsp3) is 0.368. The van der Waals surface area contributed by atoms with E-state index in [9.17, 15) is 5.11 Å². The van der Waals surface area contributed by atoms with E-state index < -0.39 is 0 Å². The number of rotatable bonds is 7. The molecule has 3 heterocycles. The summed E-state index contributed by atoms with van der Waals surface area (Å²) in [5.41, 5.74) is 4.52. The van der Waals surface area contributed by atoms with Gasteiger partial charge >= 0.3 is 0 Å². The van der Waals surface area contributed by atoms with Crippen LogP contribution in [0.25, 0.3) is 17.1 Å². The molecule has 0 saturated carbocycles. The van der Waals surface area contributed by atoms with E-state index in [1.54, 1.807) is 13.4 Å². The van der Waals surface area contributed by atoms with Gasteiger partial charge in [-0.3, -0.25) is 0 Å². The topological polar surface area (TPSA) is 98.0 Å². The lowest BCUT2D eigenvalue weighted by Gasteiger charge is -2.15. The molecule has 3 rings (SSSR count). The number of ether oxygens (including phenoxy) is 1. The molecule has 0 fully saturated rings. The van der Waals surface area contributed by atoms with Crippen molar-refractivity contribution < 1.29 is 9.84 Å². The number of aliphatic hydroxyl groups is 1. The lowest BCUT2D eigenvalue weighted by molar-refractivity contribution is 0.190. The van der Waals surface area contributed by atoms with E-state index in [-0.39, 0.29) is 12.6 Å². The van der Waals surface area contributed by atoms with Gasteiger partial charge in [0.05, 0.1) is 42.3 Å². The molecule has 0 aromatic carbocycles. The lowest BCUT2D eigenvalue weighted by Crippen LogP contribution is -2.22. The minimum Gasteiger partial charge on any atom is -0.390 e. The van der Waals surface area contributed by atoms with Crippen LogP contribution in [0.4, 0.5) is 5.82 Å². The minimum absolute atomic E-state index is 0.130. The second kappa shape index (κ2) is 8.24. The molecule has 8 heteroatoms. The standard InChI is InChI=1S/C19H24N6O2/c1-12-7-16(23-24-19(12)21-14(3)10-27-4)15-5-6-18(17(9-26)22-15)25-8-13(2)20-11-25/h5-8,11,14,26H,9-10H2,1-4H3,(H,21,24)/t14-/m0/s1. The zero-order valence-corrected chi connectivity index (χ0v) is 16.0. The summed E-state index contributed by atoms with van der Waals surface area (Å²) in [5.74, 6) is 0.719. The highest BCUT2D eigenvalue weighted by atomic mass is 16.5. The highest BCUT2D eigenvalue weighted by Crippen LogP contribution is 2.22. The molecule has 3 aromatic heterocycles. The predicted octanol–water partition coefficient (Wildman–Crippen LogP) is 2.28. The van der Waals surface area contributed by atoms with E-state index in [2.05, 4.69) is 25.5 Å².